The molecular formula is C11H16BrNO2S. The lowest BCUT2D eigenvalue weighted by Crippen LogP contribution is -2.33. The number of aryl methyl sites for hydroxylation is 1. The third kappa shape index (κ3) is 5.09. The van der Waals surface area contributed by atoms with E-state index in [1.807, 2.05) is 18.4 Å². The predicted molar refractivity (Wildman–Crippen MR) is 69.6 cm³/mol. The summed E-state index contributed by atoms with van der Waals surface area (Å²) in [6.45, 7) is 2.01. The van der Waals surface area contributed by atoms with Crippen LogP contribution in [0.1, 0.15) is 24.6 Å². The summed E-state index contributed by atoms with van der Waals surface area (Å²) in [5.74, 6) is 0.0467. The minimum atomic E-state index is 0.0467. The lowest BCUT2D eigenvalue weighted by Gasteiger charge is -2.11. The number of aliphatic hydroxyl groups excluding tert-OH is 1. The maximum Gasteiger partial charge on any atom is 0.220 e. The van der Waals surface area contributed by atoms with Gasteiger partial charge in [0, 0.05) is 33.8 Å². The van der Waals surface area contributed by atoms with Gasteiger partial charge in [-0.25, -0.2) is 0 Å². The summed E-state index contributed by atoms with van der Waals surface area (Å²) in [6.07, 6.45) is 1.88. The van der Waals surface area contributed by atoms with Gasteiger partial charge in [-0.3, -0.25) is 4.79 Å². The molecule has 1 rings (SSSR count). The molecule has 0 unspecified atom stereocenters. The molecule has 1 aromatic rings. The molecular weight excluding hydrogens is 290 g/mol. The summed E-state index contributed by atoms with van der Waals surface area (Å²) in [4.78, 5) is 12.7. The van der Waals surface area contributed by atoms with Gasteiger partial charge in [0.1, 0.15) is 0 Å². The molecule has 0 fully saturated rings. The Balaban J connectivity index is 2.25. The predicted octanol–water partition coefficient (Wildman–Crippen LogP) is 2.33. The number of hydrogen-bond acceptors (Lipinski definition) is 3. The molecule has 0 radical (unpaired) electrons. The lowest BCUT2D eigenvalue weighted by molar-refractivity contribution is -0.121. The van der Waals surface area contributed by atoms with Crippen molar-refractivity contribution in [2.45, 2.75) is 32.2 Å². The van der Waals surface area contributed by atoms with E-state index in [4.69, 9.17) is 5.11 Å². The second-order valence-corrected chi connectivity index (χ2v) is 5.62. The van der Waals surface area contributed by atoms with Crippen LogP contribution in [0.2, 0.25) is 0 Å². The molecule has 0 aliphatic heterocycles. The lowest BCUT2D eigenvalue weighted by atomic mass is 10.2. The number of thiophene rings is 1. The van der Waals surface area contributed by atoms with Gasteiger partial charge in [0.2, 0.25) is 5.91 Å². The largest absolute Gasteiger partial charge is 0.396 e. The van der Waals surface area contributed by atoms with E-state index in [1.54, 1.807) is 11.3 Å². The van der Waals surface area contributed by atoms with E-state index in [9.17, 15) is 4.79 Å². The Morgan fingerprint density at radius 3 is 3.00 bits per heavy atom. The fourth-order valence-corrected chi connectivity index (χ4v) is 2.79. The smallest absolute Gasteiger partial charge is 0.220 e. The van der Waals surface area contributed by atoms with Crippen LogP contribution >= 0.6 is 27.3 Å². The van der Waals surface area contributed by atoms with Crippen molar-refractivity contribution in [3.63, 3.8) is 0 Å². The first kappa shape index (κ1) is 13.7. The fourth-order valence-electron chi connectivity index (χ4n) is 1.33. The molecule has 0 spiro atoms. The molecule has 0 saturated heterocycles. The highest BCUT2D eigenvalue weighted by atomic mass is 79.9. The van der Waals surface area contributed by atoms with E-state index in [1.165, 1.54) is 4.88 Å². The van der Waals surface area contributed by atoms with Crippen molar-refractivity contribution in [2.24, 2.45) is 0 Å². The van der Waals surface area contributed by atoms with E-state index < -0.39 is 0 Å². The molecule has 2 N–H and O–H groups in total. The number of hydrogen-bond donors (Lipinski definition) is 2. The quantitative estimate of drug-likeness (QED) is 0.847. The summed E-state index contributed by atoms with van der Waals surface area (Å²) in [7, 11) is 0. The normalized spacial score (nSPS) is 12.4. The van der Waals surface area contributed by atoms with Crippen LogP contribution in [0.25, 0.3) is 0 Å². The standard InChI is InChI=1S/C11H16BrNO2S/c1-8(4-5-14)13-11(15)3-2-10-6-9(12)7-16-10/h6-8,14H,2-5H2,1H3,(H,13,15)/t8-/m1/s1. The zero-order valence-corrected chi connectivity index (χ0v) is 11.6. The number of amides is 1. The maximum atomic E-state index is 11.5. The summed E-state index contributed by atoms with van der Waals surface area (Å²) < 4.78 is 1.07. The third-order valence-electron chi connectivity index (χ3n) is 2.19. The van der Waals surface area contributed by atoms with Gasteiger partial charge in [0.15, 0.2) is 0 Å². The Labute approximate surface area is 108 Å². The summed E-state index contributed by atoms with van der Waals surface area (Å²) in [5, 5.41) is 13.6. The molecule has 1 amide bonds. The Morgan fingerprint density at radius 1 is 1.69 bits per heavy atom. The second kappa shape index (κ2) is 7.04. The highest BCUT2D eigenvalue weighted by Crippen LogP contribution is 2.20. The maximum absolute atomic E-state index is 11.5. The van der Waals surface area contributed by atoms with Crippen LogP contribution in [0.4, 0.5) is 0 Å². The number of carbonyl (C=O) groups excluding carboxylic acids is 1. The van der Waals surface area contributed by atoms with Gasteiger partial charge in [-0.1, -0.05) is 0 Å². The second-order valence-electron chi connectivity index (χ2n) is 3.71. The average Bonchev–Trinajstić information content (AvgIpc) is 2.61. The third-order valence-corrected chi connectivity index (χ3v) is 3.95. The number of aliphatic hydroxyl groups is 1. The Morgan fingerprint density at radius 2 is 2.44 bits per heavy atom. The molecule has 1 aromatic heterocycles. The first-order valence-electron chi connectivity index (χ1n) is 5.25. The zero-order valence-electron chi connectivity index (χ0n) is 9.20. The number of nitrogens with one attached hydrogen (secondary N) is 1. The molecule has 1 heterocycles. The van der Waals surface area contributed by atoms with E-state index >= 15 is 0 Å². The minimum Gasteiger partial charge on any atom is -0.396 e. The molecule has 16 heavy (non-hydrogen) atoms. The summed E-state index contributed by atoms with van der Waals surface area (Å²) >= 11 is 5.04. The SMILES string of the molecule is C[C@H](CCO)NC(=O)CCc1cc(Br)cs1. The van der Waals surface area contributed by atoms with E-state index in [2.05, 4.69) is 21.2 Å². The number of rotatable bonds is 6. The molecule has 0 aliphatic carbocycles. The van der Waals surface area contributed by atoms with Gasteiger partial charge < -0.3 is 10.4 Å². The first-order valence-corrected chi connectivity index (χ1v) is 6.92. The van der Waals surface area contributed by atoms with Crippen molar-refractivity contribution in [3.05, 3.63) is 20.8 Å². The van der Waals surface area contributed by atoms with Crippen LogP contribution < -0.4 is 5.32 Å². The van der Waals surface area contributed by atoms with Crippen molar-refractivity contribution in [1.82, 2.24) is 5.32 Å². The van der Waals surface area contributed by atoms with Crippen LogP contribution in [0.15, 0.2) is 15.9 Å². The first-order chi connectivity index (χ1) is 7.61. The Bertz CT molecular complexity index is 340. The molecule has 0 aliphatic rings. The van der Waals surface area contributed by atoms with E-state index in [0.717, 1.165) is 10.9 Å². The zero-order chi connectivity index (χ0) is 12.0. The van der Waals surface area contributed by atoms with Crippen molar-refractivity contribution in [2.75, 3.05) is 6.61 Å². The Hall–Kier alpha value is -0.390. The monoisotopic (exact) mass is 305 g/mol. The average molecular weight is 306 g/mol. The van der Waals surface area contributed by atoms with Gasteiger partial charge in [-0.15, -0.1) is 11.3 Å². The molecule has 5 heteroatoms. The minimum absolute atomic E-state index is 0.0467. The van der Waals surface area contributed by atoms with Crippen molar-refractivity contribution in [3.8, 4) is 0 Å². The van der Waals surface area contributed by atoms with Gasteiger partial charge in [0.25, 0.3) is 0 Å². The van der Waals surface area contributed by atoms with Crippen LogP contribution in [-0.2, 0) is 11.2 Å². The highest BCUT2D eigenvalue weighted by Gasteiger charge is 2.07. The molecule has 0 saturated carbocycles. The number of carbonyl (C=O) groups is 1. The summed E-state index contributed by atoms with van der Waals surface area (Å²) in [6, 6.07) is 2.09. The van der Waals surface area contributed by atoms with E-state index in [-0.39, 0.29) is 18.6 Å². The van der Waals surface area contributed by atoms with Gasteiger partial charge in [-0.2, -0.15) is 0 Å². The molecule has 0 aromatic carbocycles. The molecule has 90 valence electrons. The van der Waals surface area contributed by atoms with Crippen molar-refractivity contribution >= 4 is 33.2 Å². The van der Waals surface area contributed by atoms with Crippen LogP contribution in [0.5, 0.6) is 0 Å². The fraction of sp³-hybridized carbons (Fsp3) is 0.545. The van der Waals surface area contributed by atoms with E-state index in [0.29, 0.717) is 12.8 Å². The molecule has 3 nitrogen and oxygen atoms in total. The molecule has 0 bridgehead atoms. The van der Waals surface area contributed by atoms with Gasteiger partial charge >= 0.3 is 0 Å². The topological polar surface area (TPSA) is 49.3 Å². The van der Waals surface area contributed by atoms with Gasteiger partial charge in [0.05, 0.1) is 0 Å². The van der Waals surface area contributed by atoms with Crippen LogP contribution in [0.3, 0.4) is 0 Å². The molecule has 1 atom stereocenters. The number of halogens is 1. The van der Waals surface area contributed by atoms with Crippen LogP contribution in [0, 0.1) is 0 Å². The Kier molecular flexibility index (Phi) is 6.01. The summed E-state index contributed by atoms with van der Waals surface area (Å²) in [5.41, 5.74) is 0. The van der Waals surface area contributed by atoms with Crippen molar-refractivity contribution in [1.29, 1.82) is 0 Å². The van der Waals surface area contributed by atoms with Crippen molar-refractivity contribution < 1.29 is 9.90 Å². The van der Waals surface area contributed by atoms with Gasteiger partial charge in [-0.05, 0) is 41.8 Å². The van der Waals surface area contributed by atoms with Crippen LogP contribution in [-0.4, -0.2) is 23.7 Å². The highest BCUT2D eigenvalue weighted by molar-refractivity contribution is 9.10.